The van der Waals surface area contributed by atoms with Crippen LogP contribution in [0.1, 0.15) is 212 Å². The zero-order valence-electron chi connectivity index (χ0n) is 43.0. The summed E-state index contributed by atoms with van der Waals surface area (Å²) < 4.78 is 0. The van der Waals surface area contributed by atoms with Crippen LogP contribution in [0.4, 0.5) is 11.4 Å². The van der Waals surface area contributed by atoms with Crippen molar-refractivity contribution in [3.63, 3.8) is 0 Å². The van der Waals surface area contributed by atoms with Crippen molar-refractivity contribution >= 4 is 34.7 Å². The van der Waals surface area contributed by atoms with Crippen molar-refractivity contribution in [3.05, 3.63) is 105 Å². The average molecular weight is 1040 g/mol. The minimum Gasteiger partial charge on any atom is -0.869 e. The second-order valence-corrected chi connectivity index (χ2v) is 17.7. The van der Waals surface area contributed by atoms with Crippen molar-refractivity contribution in [1.29, 1.82) is 0 Å². The topological polar surface area (TPSA) is 186 Å². The fourth-order valence-corrected chi connectivity index (χ4v) is 8.17. The maximum absolute atomic E-state index is 11.4. The largest absolute Gasteiger partial charge is 2.00 e. The van der Waals surface area contributed by atoms with Crippen molar-refractivity contribution in [2.75, 3.05) is 0 Å². The van der Waals surface area contributed by atoms with Crippen molar-refractivity contribution < 1.29 is 60.7 Å². The molecule has 0 spiro atoms. The van der Waals surface area contributed by atoms with E-state index in [1.165, 1.54) is 96.5 Å². The number of unbranched alkanes of at least 4 members (excludes halogenated alkanes) is 6. The fraction of sp³-hybridized carbons (Fsp3) is 0.517. The third-order valence-corrected chi connectivity index (χ3v) is 11.8. The monoisotopic (exact) mass is 1040 g/mol. The van der Waals surface area contributed by atoms with Crippen molar-refractivity contribution in [3.8, 4) is 23.0 Å². The summed E-state index contributed by atoms with van der Waals surface area (Å²) in [5, 5.41) is 59.0. The van der Waals surface area contributed by atoms with Crippen LogP contribution >= 0.6 is 0 Å². The normalized spacial score (nSPS) is 11.2. The van der Waals surface area contributed by atoms with Crippen LogP contribution in [0, 0.1) is 0 Å². The van der Waals surface area contributed by atoms with Gasteiger partial charge in [0.2, 0.25) is 0 Å². The fourth-order valence-electron chi connectivity index (χ4n) is 8.17. The number of aliphatic imine (C=N–C) groups is 2. The predicted octanol–water partition coefficient (Wildman–Crippen LogP) is 14.5. The quantitative estimate of drug-likeness (QED) is 0.0258. The molecule has 4 rings (SSSR count). The first kappa shape index (κ1) is 62.0. The zero-order valence-corrected chi connectivity index (χ0v) is 44.5. The third-order valence-electron chi connectivity index (χ3n) is 11.8. The number of phenols is 2. The predicted molar refractivity (Wildman–Crippen MR) is 278 cm³/mol. The Kier molecular flexibility index (Phi) is 31.6. The van der Waals surface area contributed by atoms with E-state index >= 15 is 0 Å². The van der Waals surface area contributed by atoms with Gasteiger partial charge in [-0.3, -0.25) is 9.98 Å². The van der Waals surface area contributed by atoms with E-state index < -0.39 is 34.9 Å². The van der Waals surface area contributed by atoms with Crippen LogP contribution in [-0.2, 0) is 58.9 Å². The molecule has 0 saturated carbocycles. The first-order valence-corrected chi connectivity index (χ1v) is 25.6. The summed E-state index contributed by atoms with van der Waals surface area (Å²) in [6.45, 7) is 17.7. The number of carbonyl (C=O) groups is 2. The molecule has 11 heteroatoms. The van der Waals surface area contributed by atoms with Crippen molar-refractivity contribution in [2.45, 2.75) is 197 Å². The molecule has 0 atom stereocenters. The van der Waals surface area contributed by atoms with Crippen LogP contribution in [-0.4, -0.2) is 43.8 Å². The van der Waals surface area contributed by atoms with Gasteiger partial charge in [0.15, 0.2) is 0 Å². The molecule has 0 saturated heterocycles. The molecule has 0 aromatic heterocycles. The Hall–Kier alpha value is -4.98. The van der Waals surface area contributed by atoms with Crippen LogP contribution in [0.2, 0.25) is 0 Å². The van der Waals surface area contributed by atoms with Crippen LogP contribution < -0.4 is 10.2 Å². The first-order valence-electron chi connectivity index (χ1n) is 25.6. The molecule has 0 unspecified atom stereocenters. The molecule has 382 valence electrons. The summed E-state index contributed by atoms with van der Waals surface area (Å²) in [5.41, 5.74) is 10.9. The molecule has 69 heavy (non-hydrogen) atoms. The molecular formula is C58H82N2O8Pd. The minimum absolute atomic E-state index is 0. The molecule has 4 aromatic rings. The van der Waals surface area contributed by atoms with Gasteiger partial charge >= 0.3 is 32.4 Å². The van der Waals surface area contributed by atoms with Gasteiger partial charge in [0.05, 0.1) is 33.9 Å². The van der Waals surface area contributed by atoms with Crippen LogP contribution in [0.5, 0.6) is 23.0 Å². The van der Waals surface area contributed by atoms with E-state index in [1.807, 2.05) is 13.8 Å². The molecule has 4 N–H and O–H groups in total. The number of phenolic OH excluding ortho intramolecular Hbond substituents is 2. The van der Waals surface area contributed by atoms with Crippen LogP contribution in [0.15, 0.2) is 70.6 Å². The van der Waals surface area contributed by atoms with Gasteiger partial charge in [-0.1, -0.05) is 155 Å². The molecule has 10 nitrogen and oxygen atoms in total. The third kappa shape index (κ3) is 21.3. The Bertz CT molecular complexity index is 2060. The van der Waals surface area contributed by atoms with E-state index in [0.29, 0.717) is 24.0 Å². The van der Waals surface area contributed by atoms with Gasteiger partial charge in [0.1, 0.15) is 11.5 Å². The number of hydrogen-bond acceptors (Lipinski definition) is 8. The van der Waals surface area contributed by atoms with Gasteiger partial charge in [-0.25, -0.2) is 9.59 Å². The second-order valence-electron chi connectivity index (χ2n) is 17.7. The van der Waals surface area contributed by atoms with Gasteiger partial charge in [-0.2, -0.15) is 0 Å². The number of carboxylic acid groups (broad SMARTS) is 2. The number of hydrogen-bond donors (Lipinski definition) is 4. The summed E-state index contributed by atoms with van der Waals surface area (Å²) >= 11 is 0. The summed E-state index contributed by atoms with van der Waals surface area (Å²) in [7, 11) is 0. The van der Waals surface area contributed by atoms with E-state index in [1.54, 1.807) is 0 Å². The summed E-state index contributed by atoms with van der Waals surface area (Å²) in [6, 6.07) is 19.3. The SMILES string of the molecule is CCCCC(=Nc1ccc(CCC)c(CCC)c1)C(CCCC)=Nc1ccc(CCC)c(CCC)c1.CCCCCc1ccc(O)c([O-])c1C(=O)O.CCCCCc1ccc(O)c([O-])c1C(=O)O.[Pd+2]. The number of aryl methyl sites for hydroxylation is 6. The Morgan fingerprint density at radius 2 is 0.739 bits per heavy atom. The summed E-state index contributed by atoms with van der Waals surface area (Å²) in [6.07, 6.45) is 22.8. The summed E-state index contributed by atoms with van der Waals surface area (Å²) in [5.74, 6) is -5.13. The Labute approximate surface area is 428 Å². The molecule has 0 aliphatic heterocycles. The average Bonchev–Trinajstić information content (AvgIpc) is 3.31. The molecule has 0 heterocycles. The number of carboxylic acids is 2. The Balaban J connectivity index is 0.000000595. The number of aromatic carboxylic acids is 2. The summed E-state index contributed by atoms with van der Waals surface area (Å²) in [4.78, 5) is 32.4. The van der Waals surface area contributed by atoms with E-state index in [0.717, 1.165) is 101 Å². The standard InChI is InChI=1S/C34H52N2.2C12H16O4.Pd/c1-7-13-19-33(35-31-23-21-27(15-9-3)29(25-31)17-11-5)34(20-14-8-2)36-32-24-22-28(16-10-4)30(26-32)18-12-6;2*1-2-3-4-5-8-6-7-9(13)11(14)10(8)12(15)16;/h21-26H,7-20H2,1-6H3;2*6-7,13-14H,2-5H2,1H3,(H,15,16);/q;;;+2/p-2. The van der Waals surface area contributed by atoms with Gasteiger partial charge in [0, 0.05) is 0 Å². The molecule has 0 aliphatic carbocycles. The number of benzene rings is 4. The molecule has 4 aromatic carbocycles. The second kappa shape index (κ2) is 35.2. The van der Waals surface area contributed by atoms with E-state index in [9.17, 15) is 19.8 Å². The van der Waals surface area contributed by atoms with E-state index in [4.69, 9.17) is 30.4 Å². The van der Waals surface area contributed by atoms with Crippen LogP contribution in [0.3, 0.4) is 0 Å². The zero-order chi connectivity index (χ0) is 50.4. The van der Waals surface area contributed by atoms with Crippen molar-refractivity contribution in [1.82, 2.24) is 0 Å². The Morgan fingerprint density at radius 3 is 1.04 bits per heavy atom. The van der Waals surface area contributed by atoms with Crippen molar-refractivity contribution in [2.24, 2.45) is 9.98 Å². The maximum Gasteiger partial charge on any atom is 2.00 e. The molecule has 0 bridgehead atoms. The van der Waals surface area contributed by atoms with Gasteiger partial charge < -0.3 is 30.6 Å². The number of rotatable bonds is 27. The Morgan fingerprint density at radius 1 is 0.420 bits per heavy atom. The maximum atomic E-state index is 11.4. The van der Waals surface area contributed by atoms with Gasteiger partial charge in [-0.15, -0.1) is 0 Å². The first-order chi connectivity index (χ1) is 32.7. The molecule has 0 aliphatic rings. The molecule has 0 radical (unpaired) electrons. The minimum atomic E-state index is -1.27. The van der Waals surface area contributed by atoms with Crippen LogP contribution in [0.25, 0.3) is 0 Å². The van der Waals surface area contributed by atoms with E-state index in [-0.39, 0.29) is 31.5 Å². The molecule has 0 amide bonds. The number of aromatic hydroxyl groups is 2. The molecular weight excluding hydrogens is 959 g/mol. The van der Waals surface area contributed by atoms with E-state index in [2.05, 4.69) is 77.9 Å². The molecule has 0 fully saturated rings. The smallest absolute Gasteiger partial charge is 0.869 e. The van der Waals surface area contributed by atoms with Gasteiger partial charge in [-0.05, 0) is 147 Å². The number of nitrogens with zero attached hydrogens (tertiary/aromatic N) is 2. The van der Waals surface area contributed by atoms with Gasteiger partial charge in [0.25, 0.3) is 0 Å².